The lowest BCUT2D eigenvalue weighted by molar-refractivity contribution is 0.0492. The lowest BCUT2D eigenvalue weighted by atomic mass is 9.91. The van der Waals surface area contributed by atoms with Gasteiger partial charge in [0.1, 0.15) is 16.4 Å². The maximum Gasteiger partial charge on any atom is 0.407 e. The normalized spacial score (nSPS) is 21.6. The Hall–Kier alpha value is -1.27. The second-order valence-corrected chi connectivity index (χ2v) is 7.43. The van der Waals surface area contributed by atoms with Crippen LogP contribution in [0.25, 0.3) is 0 Å². The molecule has 0 aromatic carbocycles. The topological polar surface area (TPSA) is 76.1 Å². The highest BCUT2D eigenvalue weighted by Gasteiger charge is 2.26. The van der Waals surface area contributed by atoms with Crippen LogP contribution in [0.5, 0.6) is 0 Å². The van der Waals surface area contributed by atoms with Crippen LogP contribution in [0.2, 0.25) is 10.3 Å². The minimum Gasteiger partial charge on any atom is -0.444 e. The van der Waals surface area contributed by atoms with Crippen molar-refractivity contribution in [2.45, 2.75) is 64.1 Å². The molecule has 1 heterocycles. The van der Waals surface area contributed by atoms with Gasteiger partial charge in [-0.15, -0.1) is 0 Å². The average molecular weight is 361 g/mol. The van der Waals surface area contributed by atoms with Crippen molar-refractivity contribution in [3.63, 3.8) is 0 Å². The number of nitrogens with zero attached hydrogens (tertiary/aromatic N) is 2. The number of ether oxygens (including phenoxy) is 1. The van der Waals surface area contributed by atoms with Gasteiger partial charge in [0.2, 0.25) is 5.28 Å². The molecule has 8 heteroatoms. The highest BCUT2D eigenvalue weighted by Crippen LogP contribution is 2.26. The number of hydrogen-bond acceptors (Lipinski definition) is 5. The van der Waals surface area contributed by atoms with Crippen molar-refractivity contribution in [1.29, 1.82) is 0 Å². The quantitative estimate of drug-likeness (QED) is 0.795. The van der Waals surface area contributed by atoms with E-state index in [2.05, 4.69) is 20.6 Å². The maximum atomic E-state index is 11.9. The molecule has 1 aliphatic rings. The van der Waals surface area contributed by atoms with E-state index in [1.807, 2.05) is 20.8 Å². The molecule has 1 aliphatic carbocycles. The van der Waals surface area contributed by atoms with Crippen LogP contribution in [-0.4, -0.2) is 33.7 Å². The minimum absolute atomic E-state index is 0.0622. The number of carbonyl (C=O) groups is 1. The minimum atomic E-state index is -0.498. The van der Waals surface area contributed by atoms with Crippen LogP contribution < -0.4 is 10.6 Å². The molecule has 0 spiro atoms. The molecular weight excluding hydrogens is 339 g/mol. The van der Waals surface area contributed by atoms with Crippen molar-refractivity contribution < 1.29 is 9.53 Å². The molecule has 1 saturated carbocycles. The Morgan fingerprint density at radius 1 is 1.30 bits per heavy atom. The Balaban J connectivity index is 1.90. The lowest BCUT2D eigenvalue weighted by Crippen LogP contribution is -2.44. The molecule has 2 atom stereocenters. The smallest absolute Gasteiger partial charge is 0.407 e. The van der Waals surface area contributed by atoms with E-state index < -0.39 is 5.60 Å². The molecule has 1 aromatic rings. The summed E-state index contributed by atoms with van der Waals surface area (Å²) in [5.41, 5.74) is -0.498. The number of anilines is 1. The number of rotatable bonds is 3. The number of halogens is 2. The zero-order chi connectivity index (χ0) is 17.0. The lowest BCUT2D eigenvalue weighted by Gasteiger charge is -2.31. The SMILES string of the molecule is CC(C)(C)OC(=O)N[C@H]1CCC[C@@H](Nc2nc(Cl)ncc2Cl)C1. The fraction of sp³-hybridized carbons (Fsp3) is 0.667. The van der Waals surface area contributed by atoms with Crippen LogP contribution in [0.15, 0.2) is 6.20 Å². The Labute approximate surface area is 146 Å². The van der Waals surface area contributed by atoms with E-state index in [1.165, 1.54) is 6.20 Å². The van der Waals surface area contributed by atoms with Gasteiger partial charge in [-0.1, -0.05) is 11.6 Å². The molecule has 1 amide bonds. The Morgan fingerprint density at radius 2 is 2.00 bits per heavy atom. The molecule has 0 aliphatic heterocycles. The van der Waals surface area contributed by atoms with Crippen LogP contribution in [0.3, 0.4) is 0 Å². The largest absolute Gasteiger partial charge is 0.444 e. The Morgan fingerprint density at radius 3 is 2.70 bits per heavy atom. The fourth-order valence-electron chi connectivity index (χ4n) is 2.57. The van der Waals surface area contributed by atoms with Crippen LogP contribution in [0.4, 0.5) is 10.6 Å². The molecule has 1 fully saturated rings. The first-order valence-corrected chi connectivity index (χ1v) is 8.42. The van der Waals surface area contributed by atoms with E-state index in [9.17, 15) is 4.79 Å². The first-order chi connectivity index (χ1) is 10.7. The number of carbonyl (C=O) groups excluding carboxylic acids is 1. The first kappa shape index (κ1) is 18.1. The van der Waals surface area contributed by atoms with Gasteiger partial charge >= 0.3 is 6.09 Å². The number of alkyl carbamates (subject to hydrolysis) is 1. The van der Waals surface area contributed by atoms with Crippen molar-refractivity contribution in [2.75, 3.05) is 5.32 Å². The fourth-order valence-corrected chi connectivity index (χ4v) is 2.85. The molecule has 2 rings (SSSR count). The van der Waals surface area contributed by atoms with Gasteiger partial charge in [-0.25, -0.2) is 9.78 Å². The van der Waals surface area contributed by atoms with Gasteiger partial charge in [0.15, 0.2) is 0 Å². The molecule has 1 aromatic heterocycles. The van der Waals surface area contributed by atoms with Crippen LogP contribution >= 0.6 is 23.2 Å². The van der Waals surface area contributed by atoms with Gasteiger partial charge in [-0.05, 0) is 58.1 Å². The summed E-state index contributed by atoms with van der Waals surface area (Å²) >= 11 is 11.9. The highest BCUT2D eigenvalue weighted by molar-refractivity contribution is 6.33. The van der Waals surface area contributed by atoms with Gasteiger partial charge in [0.25, 0.3) is 0 Å². The second kappa shape index (κ2) is 7.53. The second-order valence-electron chi connectivity index (χ2n) is 6.69. The van der Waals surface area contributed by atoms with Crippen molar-refractivity contribution in [3.8, 4) is 0 Å². The molecular formula is C15H22Cl2N4O2. The monoisotopic (exact) mass is 360 g/mol. The van der Waals surface area contributed by atoms with Crippen molar-refractivity contribution in [2.24, 2.45) is 0 Å². The van der Waals surface area contributed by atoms with Crippen molar-refractivity contribution in [3.05, 3.63) is 16.5 Å². The third kappa shape index (κ3) is 6.03. The zero-order valence-corrected chi connectivity index (χ0v) is 15.0. The summed E-state index contributed by atoms with van der Waals surface area (Å²) in [6.45, 7) is 5.54. The van der Waals surface area contributed by atoms with E-state index in [0.717, 1.165) is 25.7 Å². The van der Waals surface area contributed by atoms with Gasteiger partial charge in [0, 0.05) is 12.1 Å². The molecule has 0 unspecified atom stereocenters. The number of hydrogen-bond donors (Lipinski definition) is 2. The standard InChI is InChI=1S/C15H22Cl2N4O2/c1-15(2,3)23-14(22)20-10-6-4-5-9(7-10)19-12-11(16)8-18-13(17)21-12/h8-10H,4-7H2,1-3H3,(H,20,22)(H,18,19,21)/t9-,10+/m1/s1. The molecule has 0 radical (unpaired) electrons. The van der Waals surface area contributed by atoms with Gasteiger partial charge in [0.05, 0.1) is 6.20 Å². The van der Waals surface area contributed by atoms with E-state index in [0.29, 0.717) is 10.8 Å². The summed E-state index contributed by atoms with van der Waals surface area (Å²) in [5, 5.41) is 6.78. The third-order valence-corrected chi connectivity index (χ3v) is 3.91. The van der Waals surface area contributed by atoms with Crippen molar-refractivity contribution in [1.82, 2.24) is 15.3 Å². The average Bonchev–Trinajstić information content (AvgIpc) is 2.41. The predicted octanol–water partition coefficient (Wildman–Crippen LogP) is 4.03. The van der Waals surface area contributed by atoms with E-state index in [-0.39, 0.29) is 23.5 Å². The maximum absolute atomic E-state index is 11.9. The predicted molar refractivity (Wildman–Crippen MR) is 91.1 cm³/mol. The summed E-state index contributed by atoms with van der Waals surface area (Å²) in [6, 6.07) is 0.222. The Bertz CT molecular complexity index is 563. The Kier molecular flexibility index (Phi) is 5.92. The summed E-state index contributed by atoms with van der Waals surface area (Å²) in [4.78, 5) is 19.8. The third-order valence-electron chi connectivity index (χ3n) is 3.45. The summed E-state index contributed by atoms with van der Waals surface area (Å²) in [7, 11) is 0. The molecule has 0 bridgehead atoms. The first-order valence-electron chi connectivity index (χ1n) is 7.67. The summed E-state index contributed by atoms with van der Waals surface area (Å²) in [6.07, 6.45) is 4.76. The van der Waals surface area contributed by atoms with E-state index in [4.69, 9.17) is 27.9 Å². The van der Waals surface area contributed by atoms with Gasteiger partial charge in [-0.3, -0.25) is 0 Å². The van der Waals surface area contributed by atoms with E-state index >= 15 is 0 Å². The van der Waals surface area contributed by atoms with Crippen LogP contribution in [0, 0.1) is 0 Å². The number of aromatic nitrogens is 2. The van der Waals surface area contributed by atoms with Crippen LogP contribution in [0.1, 0.15) is 46.5 Å². The van der Waals surface area contributed by atoms with Gasteiger partial charge in [-0.2, -0.15) is 4.98 Å². The summed E-state index contributed by atoms with van der Waals surface area (Å²) in [5.74, 6) is 0.523. The van der Waals surface area contributed by atoms with Gasteiger partial charge < -0.3 is 15.4 Å². The molecule has 23 heavy (non-hydrogen) atoms. The van der Waals surface area contributed by atoms with Crippen LogP contribution in [-0.2, 0) is 4.74 Å². The van der Waals surface area contributed by atoms with Crippen molar-refractivity contribution >= 4 is 35.1 Å². The van der Waals surface area contributed by atoms with E-state index in [1.54, 1.807) is 0 Å². The number of nitrogens with one attached hydrogen (secondary N) is 2. The molecule has 6 nitrogen and oxygen atoms in total. The number of amides is 1. The molecule has 2 N–H and O–H groups in total. The summed E-state index contributed by atoms with van der Waals surface area (Å²) < 4.78 is 5.30. The zero-order valence-electron chi connectivity index (χ0n) is 13.5. The molecule has 0 saturated heterocycles. The highest BCUT2D eigenvalue weighted by atomic mass is 35.5. The molecule has 128 valence electrons.